The van der Waals surface area contributed by atoms with Gasteiger partial charge in [0.25, 0.3) is 11.8 Å². The number of rotatable bonds is 6. The van der Waals surface area contributed by atoms with Crippen molar-refractivity contribution in [2.45, 2.75) is 25.8 Å². The summed E-state index contributed by atoms with van der Waals surface area (Å²) in [6.45, 7) is 6.30. The van der Waals surface area contributed by atoms with E-state index in [9.17, 15) is 9.59 Å². The third-order valence-electron chi connectivity index (χ3n) is 8.19. The second-order valence-electron chi connectivity index (χ2n) is 10.9. The van der Waals surface area contributed by atoms with E-state index in [2.05, 4.69) is 62.3 Å². The first-order valence-electron chi connectivity index (χ1n) is 14.2. The number of piperazine rings is 1. The molecule has 2 amide bonds. The molecule has 4 heterocycles. The van der Waals surface area contributed by atoms with Crippen LogP contribution >= 0.6 is 0 Å². The van der Waals surface area contributed by atoms with Crippen LogP contribution < -0.4 is 15.5 Å². The molecule has 0 bridgehead atoms. The number of carbonyl (C=O) groups excluding carboxylic acids is 2. The molecule has 2 fully saturated rings. The van der Waals surface area contributed by atoms with Crippen LogP contribution in [0.5, 0.6) is 0 Å². The second-order valence-corrected chi connectivity index (χ2v) is 10.9. The predicted octanol–water partition coefficient (Wildman–Crippen LogP) is 3.99. The normalized spacial score (nSPS) is 17.4. The zero-order chi connectivity index (χ0) is 27.6. The van der Waals surface area contributed by atoms with Crippen molar-refractivity contribution in [2.75, 3.05) is 44.2 Å². The molecule has 8 nitrogen and oxygen atoms in total. The van der Waals surface area contributed by atoms with Gasteiger partial charge in [-0.2, -0.15) is 0 Å². The first kappa shape index (κ1) is 26.1. The van der Waals surface area contributed by atoms with E-state index in [1.165, 1.54) is 0 Å². The third kappa shape index (κ3) is 5.07. The van der Waals surface area contributed by atoms with Crippen molar-refractivity contribution in [3.63, 3.8) is 0 Å². The molecule has 0 aliphatic carbocycles. The van der Waals surface area contributed by atoms with Gasteiger partial charge < -0.3 is 25.0 Å². The molecule has 0 spiro atoms. The molecule has 6 rings (SSSR count). The van der Waals surface area contributed by atoms with Crippen LogP contribution in [0, 0.1) is 6.92 Å². The number of amides is 2. The van der Waals surface area contributed by atoms with Crippen molar-refractivity contribution in [1.82, 2.24) is 25.1 Å². The van der Waals surface area contributed by atoms with Crippen molar-refractivity contribution in [1.29, 1.82) is 0 Å². The maximum absolute atomic E-state index is 14.1. The zero-order valence-electron chi connectivity index (χ0n) is 23.2. The van der Waals surface area contributed by atoms with Gasteiger partial charge in [-0.1, -0.05) is 42.0 Å². The molecule has 2 N–H and O–H groups in total. The van der Waals surface area contributed by atoms with Gasteiger partial charge in [0, 0.05) is 62.9 Å². The quantitative estimate of drug-likeness (QED) is 0.390. The highest BCUT2D eigenvalue weighted by Gasteiger charge is 2.29. The fourth-order valence-corrected chi connectivity index (χ4v) is 5.96. The summed E-state index contributed by atoms with van der Waals surface area (Å²) in [6.07, 6.45) is 3.90. The van der Waals surface area contributed by atoms with Crippen LogP contribution in [0.25, 0.3) is 22.2 Å². The topological polar surface area (TPSA) is 82.5 Å². The number of nitrogens with one attached hydrogen (secondary N) is 2. The lowest BCUT2D eigenvalue weighted by Gasteiger charge is -2.35. The van der Waals surface area contributed by atoms with Gasteiger partial charge in [-0.25, -0.2) is 4.98 Å². The lowest BCUT2D eigenvalue weighted by molar-refractivity contribution is 0.0748. The van der Waals surface area contributed by atoms with Gasteiger partial charge in [0.2, 0.25) is 0 Å². The van der Waals surface area contributed by atoms with Gasteiger partial charge in [0.05, 0.1) is 16.8 Å². The monoisotopic (exact) mass is 536 g/mol. The maximum atomic E-state index is 14.1. The van der Waals surface area contributed by atoms with Gasteiger partial charge in [-0.15, -0.1) is 0 Å². The van der Waals surface area contributed by atoms with Crippen LogP contribution in [0.4, 0.5) is 5.82 Å². The smallest absolute Gasteiger partial charge is 0.256 e. The Kier molecular flexibility index (Phi) is 7.26. The summed E-state index contributed by atoms with van der Waals surface area (Å²) in [5.41, 5.74) is 5.51. The summed E-state index contributed by atoms with van der Waals surface area (Å²) < 4.78 is 2.14. The first-order valence-corrected chi connectivity index (χ1v) is 14.2. The summed E-state index contributed by atoms with van der Waals surface area (Å²) >= 11 is 0. The molecule has 4 aromatic rings. The van der Waals surface area contributed by atoms with E-state index >= 15 is 0 Å². The Hall–Kier alpha value is -4.17. The molecule has 2 saturated heterocycles. The number of carbonyl (C=O) groups is 2. The lowest BCUT2D eigenvalue weighted by Crippen LogP contribution is -2.49. The SMILES string of the molecule is Cc1ccc2c(c1)c(C(=O)N1CCN(c3ccc(C(=O)NC[C@@H]4CCCN4)cn3)CC1)c(-c1ccccc1)n2C. The van der Waals surface area contributed by atoms with E-state index in [0.29, 0.717) is 44.3 Å². The van der Waals surface area contributed by atoms with Crippen molar-refractivity contribution >= 4 is 28.5 Å². The van der Waals surface area contributed by atoms with E-state index in [0.717, 1.165) is 58.5 Å². The average Bonchev–Trinajstić information content (AvgIpc) is 3.62. The van der Waals surface area contributed by atoms with Crippen molar-refractivity contribution < 1.29 is 9.59 Å². The summed E-state index contributed by atoms with van der Waals surface area (Å²) in [6, 6.07) is 20.6. The number of anilines is 1. The van der Waals surface area contributed by atoms with Crippen molar-refractivity contribution in [3.8, 4) is 11.3 Å². The Morgan fingerprint density at radius 3 is 2.52 bits per heavy atom. The Morgan fingerprint density at radius 1 is 1.02 bits per heavy atom. The Balaban J connectivity index is 1.16. The highest BCUT2D eigenvalue weighted by atomic mass is 16.2. The first-order chi connectivity index (χ1) is 19.5. The van der Waals surface area contributed by atoms with Crippen LogP contribution in [0.2, 0.25) is 0 Å². The van der Waals surface area contributed by atoms with Crippen LogP contribution in [-0.2, 0) is 7.05 Å². The summed E-state index contributed by atoms with van der Waals surface area (Å²) in [7, 11) is 2.04. The van der Waals surface area contributed by atoms with Crippen LogP contribution in [0.15, 0.2) is 66.9 Å². The Morgan fingerprint density at radius 2 is 1.82 bits per heavy atom. The fraction of sp³-hybridized carbons (Fsp3) is 0.344. The molecule has 40 heavy (non-hydrogen) atoms. The summed E-state index contributed by atoms with van der Waals surface area (Å²) in [4.78, 5) is 35.3. The van der Waals surface area contributed by atoms with Crippen molar-refractivity contribution in [3.05, 3.63) is 83.6 Å². The number of aromatic nitrogens is 2. The largest absolute Gasteiger partial charge is 0.353 e. The van der Waals surface area contributed by atoms with Crippen molar-refractivity contribution in [2.24, 2.45) is 7.05 Å². The number of nitrogens with zero attached hydrogens (tertiary/aromatic N) is 4. The minimum Gasteiger partial charge on any atom is -0.353 e. The van der Waals surface area contributed by atoms with E-state index in [-0.39, 0.29) is 11.8 Å². The fourth-order valence-electron chi connectivity index (χ4n) is 5.96. The molecule has 206 valence electrons. The minimum absolute atomic E-state index is 0.0615. The predicted molar refractivity (Wildman–Crippen MR) is 159 cm³/mol. The van der Waals surface area contributed by atoms with E-state index in [1.807, 2.05) is 42.3 Å². The van der Waals surface area contributed by atoms with Gasteiger partial charge in [0.1, 0.15) is 5.82 Å². The zero-order valence-corrected chi connectivity index (χ0v) is 23.2. The standard InChI is InChI=1S/C32H36N6O2/c1-22-10-12-27-26(19-22)29(30(36(27)2)23-7-4-3-5-8-23)32(40)38-17-15-37(16-18-38)28-13-11-24(20-34-28)31(39)35-21-25-9-6-14-33-25/h3-5,7-8,10-13,19-20,25,33H,6,9,14-18,21H2,1-2H3,(H,35,39)/t25-/m0/s1. The molecule has 0 radical (unpaired) electrons. The molecule has 0 unspecified atom stereocenters. The van der Waals surface area contributed by atoms with E-state index < -0.39 is 0 Å². The molecule has 2 aromatic heterocycles. The second kappa shape index (κ2) is 11.1. The van der Waals surface area contributed by atoms with Gasteiger partial charge in [-0.05, 0) is 56.1 Å². The molecule has 0 saturated carbocycles. The number of hydrogen-bond acceptors (Lipinski definition) is 5. The number of hydrogen-bond donors (Lipinski definition) is 2. The molecular weight excluding hydrogens is 500 g/mol. The highest BCUT2D eigenvalue weighted by Crippen LogP contribution is 2.35. The maximum Gasteiger partial charge on any atom is 0.256 e. The Bertz CT molecular complexity index is 1510. The number of benzene rings is 2. The number of fused-ring (bicyclic) bond motifs is 1. The van der Waals surface area contributed by atoms with Crippen LogP contribution in [-0.4, -0.2) is 71.6 Å². The Labute approximate surface area is 235 Å². The van der Waals surface area contributed by atoms with Crippen LogP contribution in [0.1, 0.15) is 39.1 Å². The molecule has 1 atom stereocenters. The van der Waals surface area contributed by atoms with Gasteiger partial charge in [0.15, 0.2) is 0 Å². The lowest BCUT2D eigenvalue weighted by atomic mass is 10.0. The van der Waals surface area contributed by atoms with Crippen LogP contribution in [0.3, 0.4) is 0 Å². The third-order valence-corrected chi connectivity index (χ3v) is 8.19. The number of aryl methyl sites for hydroxylation is 2. The highest BCUT2D eigenvalue weighted by molar-refractivity contribution is 6.13. The summed E-state index contributed by atoms with van der Waals surface area (Å²) in [5, 5.41) is 7.40. The molecule has 2 aliphatic rings. The van der Waals surface area contributed by atoms with E-state index in [1.54, 1.807) is 6.20 Å². The molecule has 8 heteroatoms. The molecular formula is C32H36N6O2. The van der Waals surface area contributed by atoms with E-state index in [4.69, 9.17) is 0 Å². The molecule has 2 aliphatic heterocycles. The summed E-state index contributed by atoms with van der Waals surface area (Å²) in [5.74, 6) is 0.793. The minimum atomic E-state index is -0.0947. The average molecular weight is 537 g/mol. The number of pyridine rings is 1. The van der Waals surface area contributed by atoms with Gasteiger partial charge in [-0.3, -0.25) is 9.59 Å². The van der Waals surface area contributed by atoms with Gasteiger partial charge >= 0.3 is 0 Å². The molecule has 2 aromatic carbocycles.